The van der Waals surface area contributed by atoms with Crippen LogP contribution < -0.4 is 10.6 Å². The van der Waals surface area contributed by atoms with Crippen molar-refractivity contribution in [3.05, 3.63) is 35.9 Å². The van der Waals surface area contributed by atoms with E-state index in [9.17, 15) is 9.90 Å². The second kappa shape index (κ2) is 12.1. The molecular weight excluding hydrogens is 443 g/mol. The van der Waals surface area contributed by atoms with Gasteiger partial charge in [0.05, 0.1) is 19.2 Å². The molecule has 0 aliphatic carbocycles. The van der Waals surface area contributed by atoms with Gasteiger partial charge in [-0.3, -0.25) is 9.79 Å². The van der Waals surface area contributed by atoms with E-state index < -0.39 is 6.10 Å². The van der Waals surface area contributed by atoms with Gasteiger partial charge in [-0.05, 0) is 33.3 Å². The van der Waals surface area contributed by atoms with Gasteiger partial charge in [-0.1, -0.05) is 30.3 Å². The third-order valence-corrected chi connectivity index (χ3v) is 3.36. The minimum Gasteiger partial charge on any atom is -0.391 e. The zero-order chi connectivity index (χ0) is 18.9. The van der Waals surface area contributed by atoms with Crippen LogP contribution in [0.2, 0.25) is 0 Å². The van der Waals surface area contributed by atoms with Crippen LogP contribution in [0, 0.1) is 0 Å². The van der Waals surface area contributed by atoms with Gasteiger partial charge in [-0.15, -0.1) is 24.0 Å². The molecule has 1 unspecified atom stereocenters. The second-order valence-electron chi connectivity index (χ2n) is 7.19. The van der Waals surface area contributed by atoms with E-state index in [-0.39, 0.29) is 48.5 Å². The van der Waals surface area contributed by atoms with Crippen LogP contribution in [0.5, 0.6) is 0 Å². The lowest BCUT2D eigenvalue weighted by molar-refractivity contribution is -0.122. The Morgan fingerprint density at radius 2 is 1.88 bits per heavy atom. The van der Waals surface area contributed by atoms with Crippen molar-refractivity contribution in [1.29, 1.82) is 0 Å². The molecule has 148 valence electrons. The van der Waals surface area contributed by atoms with E-state index in [4.69, 9.17) is 0 Å². The maximum Gasteiger partial charge on any atom is 0.240 e. The summed E-state index contributed by atoms with van der Waals surface area (Å²) in [5, 5.41) is 16.3. The number of likely N-dealkylation sites (N-methyl/N-ethyl adjacent to an activating group) is 1. The number of halogens is 1. The van der Waals surface area contributed by atoms with Gasteiger partial charge in [0.1, 0.15) is 0 Å². The number of nitrogens with zero attached hydrogens (tertiary/aromatic N) is 2. The van der Waals surface area contributed by atoms with Crippen molar-refractivity contribution in [3.63, 3.8) is 0 Å². The molecule has 0 fully saturated rings. The van der Waals surface area contributed by atoms with Crippen LogP contribution in [0.4, 0.5) is 0 Å². The summed E-state index contributed by atoms with van der Waals surface area (Å²) in [6.07, 6.45) is -0.00863. The fourth-order valence-electron chi connectivity index (χ4n) is 2.36. The summed E-state index contributed by atoms with van der Waals surface area (Å²) < 4.78 is 0. The van der Waals surface area contributed by atoms with Gasteiger partial charge in [0.25, 0.3) is 0 Å². The van der Waals surface area contributed by atoms with Crippen LogP contribution in [-0.4, -0.2) is 60.2 Å². The Kier molecular flexibility index (Phi) is 11.5. The number of rotatable bonds is 7. The molecule has 1 rings (SSSR count). The van der Waals surface area contributed by atoms with Gasteiger partial charge < -0.3 is 20.6 Å². The van der Waals surface area contributed by atoms with Gasteiger partial charge in [0.15, 0.2) is 5.96 Å². The molecule has 0 aromatic heterocycles. The maximum absolute atomic E-state index is 12.1. The van der Waals surface area contributed by atoms with Gasteiger partial charge in [-0.2, -0.15) is 0 Å². The molecule has 0 spiro atoms. The third kappa shape index (κ3) is 10.6. The largest absolute Gasteiger partial charge is 0.391 e. The number of hydrogen-bond acceptors (Lipinski definition) is 3. The average molecular weight is 476 g/mol. The number of aliphatic imine (C=N–C) groups is 1. The predicted octanol–water partition coefficient (Wildman–Crippen LogP) is 2.02. The molecule has 0 heterocycles. The molecule has 3 N–H and O–H groups in total. The molecule has 1 atom stereocenters. The first-order valence-electron chi connectivity index (χ1n) is 8.73. The zero-order valence-electron chi connectivity index (χ0n) is 16.5. The standard InChI is InChI=1S/C19H32N4O2.HI/c1-6-20-18(23(5)14-17(25)22-19(2,3)4)21-13-16(24)12-15-10-8-7-9-11-15;/h7-11,16,24H,6,12-14H2,1-5H3,(H,20,21)(H,22,25);1H. The Morgan fingerprint density at radius 1 is 1.27 bits per heavy atom. The van der Waals surface area contributed by atoms with Crippen LogP contribution in [-0.2, 0) is 11.2 Å². The highest BCUT2D eigenvalue weighted by atomic mass is 127. The van der Waals surface area contributed by atoms with Gasteiger partial charge in [-0.25, -0.2) is 0 Å². The van der Waals surface area contributed by atoms with Crippen molar-refractivity contribution < 1.29 is 9.90 Å². The van der Waals surface area contributed by atoms with Crippen LogP contribution in [0.15, 0.2) is 35.3 Å². The number of benzene rings is 1. The lowest BCUT2D eigenvalue weighted by atomic mass is 10.1. The average Bonchev–Trinajstić information content (AvgIpc) is 2.50. The SMILES string of the molecule is CCNC(=NCC(O)Cc1ccccc1)N(C)CC(=O)NC(C)(C)C.I. The Bertz CT molecular complexity index is 558. The Morgan fingerprint density at radius 3 is 2.42 bits per heavy atom. The monoisotopic (exact) mass is 476 g/mol. The first kappa shape index (κ1) is 24.7. The van der Waals surface area contributed by atoms with Gasteiger partial charge >= 0.3 is 0 Å². The van der Waals surface area contributed by atoms with E-state index in [1.807, 2.05) is 65.1 Å². The molecule has 0 aliphatic heterocycles. The first-order valence-corrected chi connectivity index (χ1v) is 8.73. The molecule has 6 nitrogen and oxygen atoms in total. The highest BCUT2D eigenvalue weighted by molar-refractivity contribution is 14.0. The summed E-state index contributed by atoms with van der Waals surface area (Å²) in [4.78, 5) is 18.3. The van der Waals surface area contributed by atoms with Crippen molar-refractivity contribution in [1.82, 2.24) is 15.5 Å². The smallest absolute Gasteiger partial charge is 0.240 e. The van der Waals surface area contributed by atoms with Crippen molar-refractivity contribution in [3.8, 4) is 0 Å². The molecule has 1 aromatic rings. The molecule has 7 heteroatoms. The van der Waals surface area contributed by atoms with Crippen LogP contribution in [0.1, 0.15) is 33.3 Å². The maximum atomic E-state index is 12.1. The Hall–Kier alpha value is -1.35. The number of guanidine groups is 1. The minimum atomic E-state index is -0.562. The quantitative estimate of drug-likeness (QED) is 0.320. The third-order valence-electron chi connectivity index (χ3n) is 3.36. The topological polar surface area (TPSA) is 77.0 Å². The molecular formula is C19H33IN4O2. The second-order valence-corrected chi connectivity index (χ2v) is 7.19. The summed E-state index contributed by atoms with van der Waals surface area (Å²) >= 11 is 0. The summed E-state index contributed by atoms with van der Waals surface area (Å²) in [6.45, 7) is 9.00. The summed E-state index contributed by atoms with van der Waals surface area (Å²) in [6, 6.07) is 9.84. The lowest BCUT2D eigenvalue weighted by Gasteiger charge is -2.25. The molecule has 26 heavy (non-hydrogen) atoms. The molecule has 0 radical (unpaired) electrons. The van der Waals surface area contributed by atoms with E-state index in [1.165, 1.54) is 0 Å². The fraction of sp³-hybridized carbons (Fsp3) is 0.579. The zero-order valence-corrected chi connectivity index (χ0v) is 18.8. The number of hydrogen-bond donors (Lipinski definition) is 3. The Labute approximate surface area is 174 Å². The minimum absolute atomic E-state index is 0. The highest BCUT2D eigenvalue weighted by Crippen LogP contribution is 2.04. The van der Waals surface area contributed by atoms with Crippen molar-refractivity contribution >= 4 is 35.8 Å². The van der Waals surface area contributed by atoms with Crippen LogP contribution >= 0.6 is 24.0 Å². The number of aliphatic hydroxyl groups excluding tert-OH is 1. The van der Waals surface area contributed by atoms with Crippen LogP contribution in [0.25, 0.3) is 0 Å². The molecule has 0 aliphatic rings. The van der Waals surface area contributed by atoms with Crippen molar-refractivity contribution in [2.24, 2.45) is 4.99 Å². The molecule has 1 amide bonds. The fourth-order valence-corrected chi connectivity index (χ4v) is 2.36. The molecule has 0 saturated carbocycles. The lowest BCUT2D eigenvalue weighted by Crippen LogP contribution is -2.49. The highest BCUT2D eigenvalue weighted by Gasteiger charge is 2.17. The molecule has 0 bridgehead atoms. The molecule has 1 aromatic carbocycles. The van der Waals surface area contributed by atoms with E-state index in [0.29, 0.717) is 18.9 Å². The van der Waals surface area contributed by atoms with E-state index >= 15 is 0 Å². The molecule has 0 saturated heterocycles. The van der Waals surface area contributed by atoms with Gasteiger partial charge in [0.2, 0.25) is 5.91 Å². The number of carbonyl (C=O) groups excluding carboxylic acids is 1. The first-order chi connectivity index (χ1) is 11.7. The van der Waals surface area contributed by atoms with E-state index in [2.05, 4.69) is 15.6 Å². The van der Waals surface area contributed by atoms with E-state index in [0.717, 1.165) is 5.56 Å². The van der Waals surface area contributed by atoms with Crippen molar-refractivity contribution in [2.75, 3.05) is 26.7 Å². The number of aliphatic hydroxyl groups is 1. The van der Waals surface area contributed by atoms with Crippen molar-refractivity contribution in [2.45, 2.75) is 45.8 Å². The normalized spacial score (nSPS) is 12.8. The number of nitrogens with one attached hydrogen (secondary N) is 2. The summed E-state index contributed by atoms with van der Waals surface area (Å²) in [5.41, 5.74) is 0.812. The van der Waals surface area contributed by atoms with Crippen LogP contribution in [0.3, 0.4) is 0 Å². The number of carbonyl (C=O) groups is 1. The number of amides is 1. The predicted molar refractivity (Wildman–Crippen MR) is 118 cm³/mol. The van der Waals surface area contributed by atoms with Gasteiger partial charge in [0, 0.05) is 25.6 Å². The van der Waals surface area contributed by atoms with E-state index in [1.54, 1.807) is 4.90 Å². The summed E-state index contributed by atoms with van der Waals surface area (Å²) in [5.74, 6) is 0.545. The Balaban J connectivity index is 0.00000625. The summed E-state index contributed by atoms with van der Waals surface area (Å²) in [7, 11) is 1.81.